The van der Waals surface area contributed by atoms with E-state index in [0.29, 0.717) is 39.5 Å². The summed E-state index contributed by atoms with van der Waals surface area (Å²) in [4.78, 5) is 24.6. The van der Waals surface area contributed by atoms with Gasteiger partial charge in [0.1, 0.15) is 0 Å². The number of hydrogen-bond acceptors (Lipinski definition) is 4. The average Bonchev–Trinajstić information content (AvgIpc) is 2.34. The van der Waals surface area contributed by atoms with Crippen molar-refractivity contribution in [3.63, 3.8) is 0 Å². The molecular formula is C14H28N2O5. The van der Waals surface area contributed by atoms with Crippen LogP contribution in [0.2, 0.25) is 0 Å². The summed E-state index contributed by atoms with van der Waals surface area (Å²) in [5, 5.41) is 11.6. The molecule has 0 unspecified atom stereocenters. The van der Waals surface area contributed by atoms with Gasteiger partial charge in [0.2, 0.25) is 0 Å². The van der Waals surface area contributed by atoms with E-state index in [1.165, 1.54) is 0 Å². The van der Waals surface area contributed by atoms with Crippen LogP contribution in [0.25, 0.3) is 0 Å². The highest BCUT2D eigenvalue weighted by atomic mass is 16.5. The van der Waals surface area contributed by atoms with Crippen molar-refractivity contribution >= 4 is 12.0 Å². The highest BCUT2D eigenvalue weighted by Crippen LogP contribution is 2.09. The van der Waals surface area contributed by atoms with E-state index in [-0.39, 0.29) is 12.5 Å². The van der Waals surface area contributed by atoms with Gasteiger partial charge in [0.15, 0.2) is 0 Å². The van der Waals surface area contributed by atoms with Crippen LogP contribution >= 0.6 is 0 Å². The fourth-order valence-corrected chi connectivity index (χ4v) is 1.74. The maximum absolute atomic E-state index is 12.2. The van der Waals surface area contributed by atoms with Gasteiger partial charge in [-0.15, -0.1) is 0 Å². The molecule has 0 aliphatic carbocycles. The Balaban J connectivity index is 4.49. The Kier molecular flexibility index (Phi) is 9.73. The molecule has 21 heavy (non-hydrogen) atoms. The zero-order valence-electron chi connectivity index (χ0n) is 13.5. The van der Waals surface area contributed by atoms with E-state index in [1.54, 1.807) is 18.7 Å². The maximum Gasteiger partial charge on any atom is 0.317 e. The third-order valence-electron chi connectivity index (χ3n) is 2.75. The van der Waals surface area contributed by atoms with Gasteiger partial charge >= 0.3 is 12.0 Å². The normalized spacial score (nSPS) is 11.2. The molecule has 0 saturated heterocycles. The number of carbonyl (C=O) groups excluding carboxylic acids is 1. The number of nitrogens with zero attached hydrogens (tertiary/aromatic N) is 1. The van der Waals surface area contributed by atoms with Gasteiger partial charge in [-0.3, -0.25) is 4.79 Å². The van der Waals surface area contributed by atoms with Gasteiger partial charge in [-0.25, -0.2) is 4.79 Å². The van der Waals surface area contributed by atoms with Crippen LogP contribution in [0.1, 0.15) is 34.1 Å². The van der Waals surface area contributed by atoms with Gasteiger partial charge in [0.05, 0.1) is 19.6 Å². The lowest BCUT2D eigenvalue weighted by molar-refractivity contribution is -0.138. The van der Waals surface area contributed by atoms with Crippen LogP contribution in [0, 0.1) is 0 Å². The van der Waals surface area contributed by atoms with Crippen LogP contribution in [-0.4, -0.2) is 67.1 Å². The van der Waals surface area contributed by atoms with Crippen LogP contribution < -0.4 is 5.32 Å². The topological polar surface area (TPSA) is 88.1 Å². The molecule has 2 N–H and O–H groups in total. The molecule has 0 rings (SSSR count). The molecule has 0 saturated carbocycles. The number of ether oxygens (including phenoxy) is 2. The molecule has 7 heteroatoms. The fourth-order valence-electron chi connectivity index (χ4n) is 1.74. The van der Waals surface area contributed by atoms with E-state index < -0.39 is 11.5 Å². The van der Waals surface area contributed by atoms with Gasteiger partial charge in [0, 0.05) is 31.8 Å². The minimum atomic E-state index is -0.949. The number of rotatable bonds is 11. The van der Waals surface area contributed by atoms with Gasteiger partial charge in [0.25, 0.3) is 0 Å². The summed E-state index contributed by atoms with van der Waals surface area (Å²) >= 11 is 0. The third-order valence-corrected chi connectivity index (χ3v) is 2.75. The summed E-state index contributed by atoms with van der Waals surface area (Å²) in [5.41, 5.74) is -0.807. The minimum absolute atomic E-state index is 0.135. The number of carbonyl (C=O) groups is 2. The molecule has 2 amide bonds. The number of hydrogen-bond donors (Lipinski definition) is 2. The molecule has 0 bridgehead atoms. The zero-order chi connectivity index (χ0) is 16.3. The molecule has 0 fully saturated rings. The number of amides is 2. The summed E-state index contributed by atoms with van der Waals surface area (Å²) in [6.07, 6.45) is -0.135. The first kappa shape index (κ1) is 19.7. The van der Waals surface area contributed by atoms with Gasteiger partial charge < -0.3 is 24.8 Å². The van der Waals surface area contributed by atoms with E-state index >= 15 is 0 Å². The van der Waals surface area contributed by atoms with Crippen molar-refractivity contribution in [1.82, 2.24) is 10.2 Å². The van der Waals surface area contributed by atoms with Crippen molar-refractivity contribution in [1.29, 1.82) is 0 Å². The Hall–Kier alpha value is -1.34. The Morgan fingerprint density at radius 2 is 1.57 bits per heavy atom. The van der Waals surface area contributed by atoms with Gasteiger partial charge in [-0.2, -0.15) is 0 Å². The first-order chi connectivity index (χ1) is 9.82. The molecule has 0 atom stereocenters. The summed E-state index contributed by atoms with van der Waals surface area (Å²) in [7, 11) is 0. The van der Waals surface area contributed by atoms with Crippen molar-refractivity contribution < 1.29 is 24.2 Å². The largest absolute Gasteiger partial charge is 0.481 e. The molecule has 0 aromatic heterocycles. The molecular weight excluding hydrogens is 276 g/mol. The second-order valence-electron chi connectivity index (χ2n) is 5.27. The number of aliphatic carboxylic acids is 1. The second-order valence-corrected chi connectivity index (χ2v) is 5.27. The standard InChI is InChI=1S/C14H28N2O5/c1-5-20-9-7-16(8-10-21-6-2)13(19)15-14(3,4)11-12(17)18/h5-11H2,1-4H3,(H,15,19)(H,17,18). The first-order valence-electron chi connectivity index (χ1n) is 7.26. The SMILES string of the molecule is CCOCCN(CCOCC)C(=O)NC(C)(C)CC(=O)O. The Labute approximate surface area is 126 Å². The van der Waals surface area contributed by atoms with Crippen molar-refractivity contribution in [2.45, 2.75) is 39.7 Å². The van der Waals surface area contributed by atoms with Crippen LogP contribution in [-0.2, 0) is 14.3 Å². The van der Waals surface area contributed by atoms with Crippen LogP contribution in [0.3, 0.4) is 0 Å². The summed E-state index contributed by atoms with van der Waals surface area (Å²) in [6, 6.07) is -0.305. The van der Waals surface area contributed by atoms with E-state index in [9.17, 15) is 9.59 Å². The second kappa shape index (κ2) is 10.4. The minimum Gasteiger partial charge on any atom is -0.481 e. The van der Waals surface area contributed by atoms with Crippen molar-refractivity contribution in [3.8, 4) is 0 Å². The van der Waals surface area contributed by atoms with Crippen LogP contribution in [0.15, 0.2) is 0 Å². The summed E-state index contributed by atoms with van der Waals surface area (Å²) in [6.45, 7) is 10.1. The Bertz CT molecular complexity index is 310. The molecule has 124 valence electrons. The van der Waals surface area contributed by atoms with Crippen LogP contribution in [0.4, 0.5) is 4.79 Å². The summed E-state index contributed by atoms with van der Waals surface area (Å²) < 4.78 is 10.5. The van der Waals surface area contributed by atoms with Crippen molar-refractivity contribution in [2.75, 3.05) is 39.5 Å². The maximum atomic E-state index is 12.2. The number of nitrogens with one attached hydrogen (secondary N) is 1. The molecule has 0 aromatic rings. The van der Waals surface area contributed by atoms with Crippen molar-refractivity contribution in [2.24, 2.45) is 0 Å². The quantitative estimate of drug-likeness (QED) is 0.562. The molecule has 0 heterocycles. The number of urea groups is 1. The number of carboxylic acids is 1. The van der Waals surface area contributed by atoms with Gasteiger partial charge in [-0.05, 0) is 27.7 Å². The predicted molar refractivity (Wildman–Crippen MR) is 79.4 cm³/mol. The van der Waals surface area contributed by atoms with Crippen LogP contribution in [0.5, 0.6) is 0 Å². The monoisotopic (exact) mass is 304 g/mol. The lowest BCUT2D eigenvalue weighted by Crippen LogP contribution is -2.52. The van der Waals surface area contributed by atoms with E-state index in [1.807, 2.05) is 13.8 Å². The average molecular weight is 304 g/mol. The first-order valence-corrected chi connectivity index (χ1v) is 7.26. The zero-order valence-corrected chi connectivity index (χ0v) is 13.5. The lowest BCUT2D eigenvalue weighted by atomic mass is 10.0. The number of carboxylic acid groups (broad SMARTS) is 1. The van der Waals surface area contributed by atoms with E-state index in [2.05, 4.69) is 5.32 Å². The highest BCUT2D eigenvalue weighted by Gasteiger charge is 2.26. The fraction of sp³-hybridized carbons (Fsp3) is 0.857. The van der Waals surface area contributed by atoms with Crippen molar-refractivity contribution in [3.05, 3.63) is 0 Å². The Morgan fingerprint density at radius 1 is 1.10 bits per heavy atom. The third kappa shape index (κ3) is 10.1. The van der Waals surface area contributed by atoms with E-state index in [4.69, 9.17) is 14.6 Å². The van der Waals surface area contributed by atoms with E-state index in [0.717, 1.165) is 0 Å². The summed E-state index contributed by atoms with van der Waals surface area (Å²) in [5.74, 6) is -0.949. The Morgan fingerprint density at radius 3 is 1.95 bits per heavy atom. The molecule has 0 aliphatic heterocycles. The van der Waals surface area contributed by atoms with Gasteiger partial charge in [-0.1, -0.05) is 0 Å². The molecule has 0 aromatic carbocycles. The molecule has 0 aliphatic rings. The molecule has 0 spiro atoms. The lowest BCUT2D eigenvalue weighted by Gasteiger charge is -2.30. The molecule has 0 radical (unpaired) electrons. The smallest absolute Gasteiger partial charge is 0.317 e. The molecule has 7 nitrogen and oxygen atoms in total. The highest BCUT2D eigenvalue weighted by molar-refractivity contribution is 5.76. The predicted octanol–water partition coefficient (Wildman–Crippen LogP) is 1.32.